The highest BCUT2D eigenvalue weighted by Crippen LogP contribution is 2.27. The minimum atomic E-state index is -0.331. The zero-order valence-electron chi connectivity index (χ0n) is 15.9. The number of carbonyl (C=O) groups excluding carboxylic acids is 2. The molecule has 2 amide bonds. The number of rotatable bonds is 4. The fourth-order valence-corrected chi connectivity index (χ4v) is 3.89. The first-order valence-corrected chi connectivity index (χ1v) is 10.1. The monoisotopic (exact) mass is 443 g/mol. The Labute approximate surface area is 171 Å². The maximum atomic E-state index is 12.4. The Balaban J connectivity index is 1.68. The number of nitrogens with one attached hydrogen (secondary N) is 2. The van der Waals surface area contributed by atoms with Crippen LogP contribution in [0.2, 0.25) is 0 Å². The molecule has 0 spiro atoms. The third kappa shape index (κ3) is 3.55. The summed E-state index contributed by atoms with van der Waals surface area (Å²) < 4.78 is 0.930. The fourth-order valence-electron chi connectivity index (χ4n) is 3.54. The minimum absolute atomic E-state index is 0.331. The summed E-state index contributed by atoms with van der Waals surface area (Å²) in [4.78, 5) is 31.8. The van der Waals surface area contributed by atoms with Gasteiger partial charge in [0.05, 0.1) is 5.52 Å². The Kier molecular flexibility index (Phi) is 5.18. The standard InChI is InChI=1S/C20H22BrN5O2/c1-12-13(2)20(28)26(19(12)27)24-18-9-14(11-25-7-5-22-6-8-25)16-4-3-15(21)10-17(16)23-18/h3-4,9-10,22H,5-8,11H2,1-2H3,(H,23,24). The molecule has 7 nitrogen and oxygen atoms in total. The van der Waals surface area contributed by atoms with Crippen LogP contribution in [0.3, 0.4) is 0 Å². The number of fused-ring (bicyclic) bond motifs is 1. The summed E-state index contributed by atoms with van der Waals surface area (Å²) in [6.07, 6.45) is 0. The van der Waals surface area contributed by atoms with Gasteiger partial charge < -0.3 is 5.32 Å². The molecule has 2 aliphatic rings. The van der Waals surface area contributed by atoms with Crippen LogP contribution in [0.1, 0.15) is 19.4 Å². The van der Waals surface area contributed by atoms with Gasteiger partial charge in [-0.1, -0.05) is 22.0 Å². The average molecular weight is 444 g/mol. The van der Waals surface area contributed by atoms with Gasteiger partial charge >= 0.3 is 0 Å². The van der Waals surface area contributed by atoms with Gasteiger partial charge in [0.1, 0.15) is 5.82 Å². The summed E-state index contributed by atoms with van der Waals surface area (Å²) in [7, 11) is 0. The minimum Gasteiger partial charge on any atom is -0.314 e. The number of anilines is 1. The summed E-state index contributed by atoms with van der Waals surface area (Å²) in [6.45, 7) is 8.02. The quantitative estimate of drug-likeness (QED) is 0.706. The van der Waals surface area contributed by atoms with Gasteiger partial charge in [0, 0.05) is 53.7 Å². The van der Waals surface area contributed by atoms with E-state index in [1.165, 1.54) is 0 Å². The molecule has 1 fully saturated rings. The molecule has 0 unspecified atom stereocenters. The van der Waals surface area contributed by atoms with Crippen molar-refractivity contribution < 1.29 is 9.59 Å². The second-order valence-corrected chi connectivity index (χ2v) is 8.08. The SMILES string of the molecule is CC1=C(C)C(=O)N(Nc2cc(CN3CCNCC3)c3ccc(Br)cc3n2)C1=O. The lowest BCUT2D eigenvalue weighted by molar-refractivity contribution is -0.135. The van der Waals surface area contributed by atoms with E-state index in [-0.39, 0.29) is 11.8 Å². The third-order valence-electron chi connectivity index (χ3n) is 5.30. The molecule has 2 N–H and O–H groups in total. The first-order chi connectivity index (χ1) is 13.4. The highest BCUT2D eigenvalue weighted by molar-refractivity contribution is 9.10. The van der Waals surface area contributed by atoms with Crippen molar-refractivity contribution >= 4 is 44.5 Å². The van der Waals surface area contributed by atoms with Crippen molar-refractivity contribution in [3.05, 3.63) is 45.4 Å². The van der Waals surface area contributed by atoms with E-state index in [2.05, 4.69) is 42.6 Å². The predicted molar refractivity (Wildman–Crippen MR) is 111 cm³/mol. The molecule has 146 valence electrons. The van der Waals surface area contributed by atoms with Crippen LogP contribution < -0.4 is 10.7 Å². The molecule has 2 aromatic rings. The van der Waals surface area contributed by atoms with E-state index < -0.39 is 0 Å². The van der Waals surface area contributed by atoms with Crippen molar-refractivity contribution in [2.75, 3.05) is 31.6 Å². The van der Waals surface area contributed by atoms with Crippen LogP contribution >= 0.6 is 15.9 Å². The number of piperazine rings is 1. The molecule has 0 saturated carbocycles. The van der Waals surface area contributed by atoms with Crippen molar-refractivity contribution in [1.82, 2.24) is 20.2 Å². The van der Waals surface area contributed by atoms with Crippen molar-refractivity contribution in [1.29, 1.82) is 0 Å². The molecule has 2 aliphatic heterocycles. The number of hydrogen-bond acceptors (Lipinski definition) is 6. The number of carbonyl (C=O) groups is 2. The zero-order chi connectivity index (χ0) is 19.8. The average Bonchev–Trinajstić information content (AvgIpc) is 2.86. The van der Waals surface area contributed by atoms with Crippen molar-refractivity contribution in [3.8, 4) is 0 Å². The Bertz CT molecular complexity index is 973. The Morgan fingerprint density at radius 2 is 1.79 bits per heavy atom. The largest absolute Gasteiger partial charge is 0.314 e. The van der Waals surface area contributed by atoms with E-state index in [4.69, 9.17) is 0 Å². The summed E-state index contributed by atoms with van der Waals surface area (Å²) in [5.41, 5.74) is 5.77. The van der Waals surface area contributed by atoms with E-state index >= 15 is 0 Å². The van der Waals surface area contributed by atoms with Gasteiger partial charge in [0.15, 0.2) is 0 Å². The van der Waals surface area contributed by atoms with Gasteiger partial charge in [-0.3, -0.25) is 19.9 Å². The Morgan fingerprint density at radius 3 is 2.46 bits per heavy atom. The molecule has 0 bridgehead atoms. The van der Waals surface area contributed by atoms with E-state index in [9.17, 15) is 9.59 Å². The molecule has 1 aromatic heterocycles. The molecule has 8 heteroatoms. The number of halogens is 1. The van der Waals surface area contributed by atoms with Crippen LogP contribution in [0.15, 0.2) is 39.9 Å². The number of imide groups is 1. The Hall–Kier alpha value is -2.29. The lowest BCUT2D eigenvalue weighted by atomic mass is 10.1. The van der Waals surface area contributed by atoms with Crippen molar-refractivity contribution in [3.63, 3.8) is 0 Å². The van der Waals surface area contributed by atoms with Crippen LogP contribution in [0, 0.1) is 0 Å². The Morgan fingerprint density at radius 1 is 1.11 bits per heavy atom. The molecular formula is C20H22BrN5O2. The third-order valence-corrected chi connectivity index (χ3v) is 5.79. The van der Waals surface area contributed by atoms with Gasteiger partial charge in [-0.25, -0.2) is 4.98 Å². The lowest BCUT2D eigenvalue weighted by Gasteiger charge is -2.28. The van der Waals surface area contributed by atoms with E-state index in [0.29, 0.717) is 17.0 Å². The number of aromatic nitrogens is 1. The molecule has 28 heavy (non-hydrogen) atoms. The summed E-state index contributed by atoms with van der Waals surface area (Å²) in [6, 6.07) is 7.93. The van der Waals surface area contributed by atoms with E-state index in [0.717, 1.165) is 58.7 Å². The van der Waals surface area contributed by atoms with Gasteiger partial charge in [0.2, 0.25) is 0 Å². The van der Waals surface area contributed by atoms with Crippen LogP contribution in [0.5, 0.6) is 0 Å². The normalized spacial score (nSPS) is 18.5. The number of amides is 2. The second kappa shape index (κ2) is 7.62. The molecule has 0 atom stereocenters. The molecule has 1 aromatic carbocycles. The topological polar surface area (TPSA) is 77.6 Å². The van der Waals surface area contributed by atoms with Crippen LogP contribution in [0.25, 0.3) is 10.9 Å². The summed E-state index contributed by atoms with van der Waals surface area (Å²) in [5, 5.41) is 5.48. The first-order valence-electron chi connectivity index (χ1n) is 9.29. The number of benzene rings is 1. The van der Waals surface area contributed by atoms with E-state index in [1.807, 2.05) is 18.2 Å². The zero-order valence-corrected chi connectivity index (χ0v) is 17.5. The maximum absolute atomic E-state index is 12.4. The molecule has 3 heterocycles. The fraction of sp³-hybridized carbons (Fsp3) is 0.350. The summed E-state index contributed by atoms with van der Waals surface area (Å²) >= 11 is 3.50. The highest BCUT2D eigenvalue weighted by Gasteiger charge is 2.34. The predicted octanol–water partition coefficient (Wildman–Crippen LogP) is 2.43. The van der Waals surface area contributed by atoms with Crippen LogP contribution in [0.4, 0.5) is 5.82 Å². The molecular weight excluding hydrogens is 422 g/mol. The van der Waals surface area contributed by atoms with Crippen molar-refractivity contribution in [2.24, 2.45) is 0 Å². The van der Waals surface area contributed by atoms with Gasteiger partial charge in [-0.05, 0) is 37.6 Å². The summed E-state index contributed by atoms with van der Waals surface area (Å²) in [5.74, 6) is -0.176. The lowest BCUT2D eigenvalue weighted by Crippen LogP contribution is -2.43. The van der Waals surface area contributed by atoms with Crippen molar-refractivity contribution in [2.45, 2.75) is 20.4 Å². The molecule has 1 saturated heterocycles. The second-order valence-electron chi connectivity index (χ2n) is 7.16. The van der Waals surface area contributed by atoms with Gasteiger partial charge in [-0.2, -0.15) is 5.01 Å². The maximum Gasteiger partial charge on any atom is 0.275 e. The number of nitrogens with zero attached hydrogens (tertiary/aromatic N) is 3. The highest BCUT2D eigenvalue weighted by atomic mass is 79.9. The number of hydrogen-bond donors (Lipinski definition) is 2. The van der Waals surface area contributed by atoms with Crippen LogP contribution in [-0.2, 0) is 16.1 Å². The van der Waals surface area contributed by atoms with E-state index in [1.54, 1.807) is 13.8 Å². The van der Waals surface area contributed by atoms with Gasteiger partial charge in [-0.15, -0.1) is 0 Å². The molecule has 4 rings (SSSR count). The van der Waals surface area contributed by atoms with Gasteiger partial charge in [0.25, 0.3) is 11.8 Å². The molecule has 0 radical (unpaired) electrons. The number of pyridine rings is 1. The molecule has 0 aliphatic carbocycles. The van der Waals surface area contributed by atoms with Crippen LogP contribution in [-0.4, -0.2) is 52.9 Å². The number of hydrazine groups is 1. The smallest absolute Gasteiger partial charge is 0.275 e. The first kappa shape index (κ1) is 19.0.